The van der Waals surface area contributed by atoms with Crippen LogP contribution in [0.25, 0.3) is 11.3 Å². The molecule has 4 aromatic rings. The maximum atomic E-state index is 13.6. The number of ketones is 1. The van der Waals surface area contributed by atoms with Crippen LogP contribution >= 0.6 is 0 Å². The average molecular weight is 566 g/mol. The Balaban J connectivity index is 0.00000237. The lowest BCUT2D eigenvalue weighted by atomic mass is 10.0. The zero-order chi connectivity index (χ0) is 30.6. The fourth-order valence-corrected chi connectivity index (χ4v) is 4.04. The molecule has 0 aliphatic carbocycles. The second-order valence-electron chi connectivity index (χ2n) is 9.07. The molecular weight excluding hydrogens is 530 g/mol. The van der Waals surface area contributed by atoms with Crippen LogP contribution < -0.4 is 21.5 Å². The number of nitrogens with one attached hydrogen (secondary N) is 3. The number of hydrogen-bond donors (Lipinski definition) is 3. The molecule has 0 radical (unpaired) electrons. The van der Waals surface area contributed by atoms with Gasteiger partial charge in [0, 0.05) is 29.2 Å². The third-order valence-electron chi connectivity index (χ3n) is 6.30. The Morgan fingerprint density at radius 2 is 1.67 bits per heavy atom. The Labute approximate surface area is 245 Å². The zero-order valence-corrected chi connectivity index (χ0v) is 24.2. The fourth-order valence-electron chi connectivity index (χ4n) is 4.04. The van der Waals surface area contributed by atoms with E-state index in [0.29, 0.717) is 28.1 Å². The summed E-state index contributed by atoms with van der Waals surface area (Å²) >= 11 is 0. The molecule has 216 valence electrons. The van der Waals surface area contributed by atoms with Crippen molar-refractivity contribution in [2.24, 2.45) is 0 Å². The topological polar surface area (TPSA) is 122 Å². The highest BCUT2D eigenvalue weighted by Gasteiger charge is 2.17. The van der Waals surface area contributed by atoms with Crippen molar-refractivity contribution in [2.75, 3.05) is 17.7 Å². The lowest BCUT2D eigenvalue weighted by molar-refractivity contribution is -0.117. The summed E-state index contributed by atoms with van der Waals surface area (Å²) in [5.74, 6) is -1.01. The minimum Gasteiger partial charge on any atom is -0.323 e. The van der Waals surface area contributed by atoms with Gasteiger partial charge in [0.05, 0.1) is 18.3 Å². The number of pyridine rings is 2. The molecule has 2 heterocycles. The zero-order valence-electron chi connectivity index (χ0n) is 24.2. The Morgan fingerprint density at radius 3 is 2.36 bits per heavy atom. The molecule has 1 atom stereocenters. The third kappa shape index (κ3) is 7.74. The molecule has 2 aromatic heterocycles. The number of anilines is 2. The number of carbonyl (C=O) groups excluding carboxylic acids is 3. The molecule has 9 nitrogen and oxygen atoms in total. The van der Waals surface area contributed by atoms with Crippen LogP contribution in [0.5, 0.6) is 0 Å². The molecule has 0 fully saturated rings. The summed E-state index contributed by atoms with van der Waals surface area (Å²) in [7, 11) is 1.66. The van der Waals surface area contributed by atoms with Gasteiger partial charge in [-0.25, -0.2) is 0 Å². The van der Waals surface area contributed by atoms with E-state index in [4.69, 9.17) is 0 Å². The monoisotopic (exact) mass is 565 g/mol. The van der Waals surface area contributed by atoms with Crippen molar-refractivity contribution in [3.63, 3.8) is 0 Å². The highest BCUT2D eigenvalue weighted by molar-refractivity contribution is 6.10. The van der Waals surface area contributed by atoms with Crippen LogP contribution in [0.15, 0.2) is 103 Å². The van der Waals surface area contributed by atoms with Gasteiger partial charge < -0.3 is 20.5 Å². The van der Waals surface area contributed by atoms with Crippen molar-refractivity contribution in [1.29, 1.82) is 0 Å². The first-order chi connectivity index (χ1) is 20.3. The van der Waals surface area contributed by atoms with Crippen molar-refractivity contribution in [3.05, 3.63) is 125 Å². The minimum atomic E-state index is -0.489. The van der Waals surface area contributed by atoms with E-state index in [0.717, 1.165) is 11.6 Å². The number of nitrogens with zero attached hydrogens (tertiary/aromatic N) is 2. The molecule has 1 unspecified atom stereocenters. The van der Waals surface area contributed by atoms with Crippen LogP contribution in [0.2, 0.25) is 0 Å². The van der Waals surface area contributed by atoms with Gasteiger partial charge in [-0.05, 0) is 61.5 Å². The molecule has 3 N–H and O–H groups in total. The summed E-state index contributed by atoms with van der Waals surface area (Å²) in [5.41, 5.74) is 2.99. The lowest BCUT2D eigenvalue weighted by Crippen LogP contribution is -2.37. The smallest absolute Gasteiger partial charge is 0.275 e. The molecule has 2 amide bonds. The van der Waals surface area contributed by atoms with Crippen LogP contribution in [0.1, 0.15) is 42.3 Å². The van der Waals surface area contributed by atoms with Gasteiger partial charge in [0.1, 0.15) is 5.69 Å². The third-order valence-corrected chi connectivity index (χ3v) is 6.30. The fraction of sp³-hybridized carbons (Fsp3) is 0.182. The summed E-state index contributed by atoms with van der Waals surface area (Å²) < 4.78 is 1.55. The van der Waals surface area contributed by atoms with Crippen molar-refractivity contribution < 1.29 is 14.4 Å². The van der Waals surface area contributed by atoms with Crippen molar-refractivity contribution in [2.45, 2.75) is 33.4 Å². The van der Waals surface area contributed by atoms with Crippen molar-refractivity contribution in [1.82, 2.24) is 14.9 Å². The summed E-state index contributed by atoms with van der Waals surface area (Å²) in [5, 5.41) is 8.20. The summed E-state index contributed by atoms with van der Waals surface area (Å²) in [6.45, 7) is 9.24. The van der Waals surface area contributed by atoms with Gasteiger partial charge in [-0.15, -0.1) is 0 Å². The van der Waals surface area contributed by atoms with Gasteiger partial charge in [0.25, 0.3) is 5.56 Å². The van der Waals surface area contributed by atoms with Crippen LogP contribution in [0, 0.1) is 0 Å². The normalized spacial score (nSPS) is 11.0. The first-order valence-corrected chi connectivity index (χ1v) is 13.6. The molecule has 0 saturated heterocycles. The number of likely N-dealkylation sites (N-methyl/N-ethyl adjacent to an activating group) is 1. The standard InChI is InChI=1S/C31H29N5O4.C2H6/c1-4-28(37)34-25-12-8-11-23(16-25)29(38)24-15-21(17-33-18-24)19-36-27(22-9-6-5-7-10-22)14-13-26(31(36)40)35-30(39)20(2)32-3;1-2/h4-18,20,32H,1,19H2,2-3H3,(H,34,37)(H,35,39);1-2H3. The number of rotatable bonds is 10. The molecule has 9 heteroatoms. The van der Waals surface area contributed by atoms with E-state index >= 15 is 0 Å². The highest BCUT2D eigenvalue weighted by atomic mass is 16.2. The number of amides is 2. The SMILES string of the molecule is C=CC(=O)Nc1cccc(C(=O)c2cncc(Cn3c(-c4ccccc4)ccc(NC(=O)C(C)NC)c3=O)c2)c1.CC. The van der Waals surface area contributed by atoms with Crippen LogP contribution in [0.4, 0.5) is 11.4 Å². The number of carbonyl (C=O) groups is 3. The molecule has 4 rings (SSSR count). The van der Waals surface area contributed by atoms with Gasteiger partial charge >= 0.3 is 0 Å². The second kappa shape index (κ2) is 15.0. The van der Waals surface area contributed by atoms with Crippen LogP contribution in [0.3, 0.4) is 0 Å². The quantitative estimate of drug-likeness (QED) is 0.186. The summed E-state index contributed by atoms with van der Waals surface area (Å²) in [6.07, 6.45) is 4.19. The molecular formula is C33H35N5O4. The van der Waals surface area contributed by atoms with E-state index in [2.05, 4.69) is 27.5 Å². The first kappa shape index (κ1) is 31.4. The van der Waals surface area contributed by atoms with E-state index in [-0.39, 0.29) is 35.4 Å². The number of aromatic nitrogens is 2. The maximum absolute atomic E-state index is 13.6. The average Bonchev–Trinajstić information content (AvgIpc) is 3.03. The Bertz CT molecular complexity index is 1630. The van der Waals surface area contributed by atoms with Gasteiger partial charge in [-0.2, -0.15) is 0 Å². The van der Waals surface area contributed by atoms with Gasteiger partial charge in [0.15, 0.2) is 5.78 Å². The Kier molecular flexibility index (Phi) is 11.2. The summed E-state index contributed by atoms with van der Waals surface area (Å²) in [6, 6.07) is 20.6. The Morgan fingerprint density at radius 1 is 0.929 bits per heavy atom. The predicted octanol–water partition coefficient (Wildman–Crippen LogP) is 4.89. The first-order valence-electron chi connectivity index (χ1n) is 13.6. The van der Waals surface area contributed by atoms with E-state index in [1.165, 1.54) is 6.20 Å². The molecule has 2 aromatic carbocycles. The van der Waals surface area contributed by atoms with Gasteiger partial charge in [0.2, 0.25) is 11.8 Å². The van der Waals surface area contributed by atoms with Crippen molar-refractivity contribution >= 4 is 29.0 Å². The van der Waals surface area contributed by atoms with Crippen molar-refractivity contribution in [3.8, 4) is 11.3 Å². The van der Waals surface area contributed by atoms with Crippen LogP contribution in [-0.4, -0.2) is 40.2 Å². The molecule has 0 bridgehead atoms. The molecule has 42 heavy (non-hydrogen) atoms. The Hall–Kier alpha value is -5.15. The second-order valence-corrected chi connectivity index (χ2v) is 9.07. The van der Waals surface area contributed by atoms with E-state index in [1.54, 1.807) is 67.2 Å². The van der Waals surface area contributed by atoms with E-state index < -0.39 is 6.04 Å². The molecule has 0 aliphatic rings. The lowest BCUT2D eigenvalue weighted by Gasteiger charge is -2.17. The molecule has 0 spiro atoms. The predicted molar refractivity (Wildman–Crippen MR) is 167 cm³/mol. The highest BCUT2D eigenvalue weighted by Crippen LogP contribution is 2.21. The van der Waals surface area contributed by atoms with Gasteiger partial charge in [-0.1, -0.05) is 62.9 Å². The number of benzene rings is 2. The number of hydrogen-bond acceptors (Lipinski definition) is 6. The molecule has 0 saturated carbocycles. The maximum Gasteiger partial charge on any atom is 0.275 e. The van der Waals surface area contributed by atoms with E-state index in [9.17, 15) is 19.2 Å². The minimum absolute atomic E-state index is 0.109. The van der Waals surface area contributed by atoms with Crippen LogP contribution in [-0.2, 0) is 16.1 Å². The summed E-state index contributed by atoms with van der Waals surface area (Å²) in [4.78, 5) is 55.3. The van der Waals surface area contributed by atoms with E-state index in [1.807, 2.05) is 44.2 Å². The largest absolute Gasteiger partial charge is 0.323 e. The van der Waals surface area contributed by atoms with Gasteiger partial charge in [-0.3, -0.25) is 24.2 Å². The molecule has 0 aliphatic heterocycles.